The fraction of sp³-hybridized carbons (Fsp3) is 0.835. The lowest BCUT2D eigenvalue weighted by molar-refractivity contribution is -0.174. The van der Waals surface area contributed by atoms with Crippen molar-refractivity contribution in [3.8, 4) is 0 Å². The monoisotopic (exact) mass is 1780 g/mol. The minimum Gasteiger partial charge on any atom is -0.469 e. The summed E-state index contributed by atoms with van der Waals surface area (Å²) in [5.41, 5.74) is -2.74. The van der Waals surface area contributed by atoms with E-state index in [2.05, 4.69) is 0 Å². The second-order valence-electron chi connectivity index (χ2n) is 39.2. The molecule has 16 rings (SSSR count). The molecule has 0 N–H and O–H groups in total. The Morgan fingerprint density at radius 2 is 0.786 bits per heavy atom. The van der Waals surface area contributed by atoms with Crippen molar-refractivity contribution in [2.24, 2.45) is 98.1 Å². The zero-order chi connectivity index (χ0) is 92.3. The van der Waals surface area contributed by atoms with Gasteiger partial charge in [0.05, 0.1) is 139 Å². The molecule has 0 aromatic rings. The van der Waals surface area contributed by atoms with Crippen LogP contribution < -0.4 is 0 Å². The summed E-state index contributed by atoms with van der Waals surface area (Å²) in [7, 11) is 2.60. The lowest BCUT2D eigenvalue weighted by Gasteiger charge is -2.31. The number of esters is 15. The minimum absolute atomic E-state index is 0.00793. The Kier molecular flexibility index (Phi) is 31.6. The second kappa shape index (κ2) is 40.5. The number of carbonyl (C=O) groups excluding carboxylic acids is 15. The van der Waals surface area contributed by atoms with Crippen LogP contribution in [0.3, 0.4) is 0 Å². The Hall–Kier alpha value is -8.15. The van der Waals surface area contributed by atoms with Crippen molar-refractivity contribution < 1.29 is 167 Å². The molecule has 0 aromatic heterocycles. The predicted octanol–water partition coefficient (Wildman–Crippen LogP) is 8.19. The Labute approximate surface area is 735 Å². The first-order valence-electron chi connectivity index (χ1n) is 45.3. The van der Waals surface area contributed by atoms with Crippen LogP contribution in [0, 0.1) is 98.1 Å². The van der Waals surface area contributed by atoms with Gasteiger partial charge in [0.2, 0.25) is 0 Å². The summed E-state index contributed by atoms with van der Waals surface area (Å²) in [6, 6.07) is 0. The highest BCUT2D eigenvalue weighted by Gasteiger charge is 2.72. The van der Waals surface area contributed by atoms with Crippen LogP contribution in [0.4, 0.5) is 0 Å². The highest BCUT2D eigenvalue weighted by Crippen LogP contribution is 2.62. The van der Waals surface area contributed by atoms with Crippen molar-refractivity contribution in [1.29, 1.82) is 0 Å². The molecule has 35 nitrogen and oxygen atoms in total. The first kappa shape index (κ1) is 98.4. The standard InChI is InChI=1S/C18H24O8.C17H24O6.C15H22O6.C15H24O5.C14H22O5.C12H16O5/c1-5-18(2,3)17(22)24-7-10(19)25-13-8-6-9-12(11(8)15(20)23-4)16(21)26-14(9)13;1-5-17(2,3)16(20)22-7-10-8-6-9-12(11(8)14(18)21-4)15(19)23-13(9)10;1-4-15(2,3)14(17)19-6-5-18-11-9-7-8-10(20-9)12(11)21-13(8)16;1-4-15(2,3)14(17)18-8-7-13(16)20-12-9-10-5-6-11(12)19-10;1-4-14(2,3)13(16)17-8-12(15)19-11-7-9-5-6-10(11)18-9;1-3-5(2)11(13)16-9-7-4-6-8(15-7)10(9)17-12(6)14/h8-9,11-14H,5-7H2,1-4H3;8-13H,5-7H2,1-4H3;8-12H,4-7H2,1-3H3;10-12H,4-9H2,1-3H3;9-11H,4-8H2,1-3H3;5-10H,3-4H2,1-2H3. The maximum atomic E-state index is 12.2. The second-order valence-corrected chi connectivity index (χ2v) is 39.2. The zero-order valence-electron chi connectivity index (χ0n) is 76.3. The number of carbonyl (C=O) groups is 15. The molecule has 16 fully saturated rings. The highest BCUT2D eigenvalue weighted by molar-refractivity contribution is 5.88. The summed E-state index contributed by atoms with van der Waals surface area (Å²) >= 11 is 0. The number of ether oxygens (including phenoxy) is 20. The number of hydrogen-bond acceptors (Lipinski definition) is 35. The summed E-state index contributed by atoms with van der Waals surface area (Å²) in [5, 5.41) is 0. The van der Waals surface area contributed by atoms with Crippen LogP contribution in [-0.2, 0) is 167 Å². The van der Waals surface area contributed by atoms with Crippen LogP contribution in [0.25, 0.3) is 0 Å². The Balaban J connectivity index is 0.000000147. The van der Waals surface area contributed by atoms with Crippen molar-refractivity contribution in [1.82, 2.24) is 0 Å². The molecule has 29 unspecified atom stereocenters. The zero-order valence-corrected chi connectivity index (χ0v) is 76.3. The maximum absolute atomic E-state index is 12.2. The molecule has 4 saturated carbocycles. The van der Waals surface area contributed by atoms with E-state index in [1.807, 2.05) is 90.0 Å². The summed E-state index contributed by atoms with van der Waals surface area (Å²) in [6.45, 7) is 31.5. The van der Waals surface area contributed by atoms with Gasteiger partial charge in [-0.2, -0.15) is 0 Å². The van der Waals surface area contributed by atoms with Gasteiger partial charge in [-0.15, -0.1) is 0 Å². The van der Waals surface area contributed by atoms with Crippen LogP contribution >= 0.6 is 0 Å². The van der Waals surface area contributed by atoms with Gasteiger partial charge in [-0.3, -0.25) is 62.3 Å². The Morgan fingerprint density at radius 1 is 0.381 bits per heavy atom. The third-order valence-corrected chi connectivity index (χ3v) is 29.4. The molecule has 16 aliphatic rings. The predicted molar refractivity (Wildman–Crippen MR) is 431 cm³/mol. The van der Waals surface area contributed by atoms with Gasteiger partial charge in [0.15, 0.2) is 31.5 Å². The van der Waals surface area contributed by atoms with Gasteiger partial charge in [-0.1, -0.05) is 48.5 Å². The largest absolute Gasteiger partial charge is 0.469 e. The summed E-state index contributed by atoms with van der Waals surface area (Å²) < 4.78 is 107. The third kappa shape index (κ3) is 21.1. The van der Waals surface area contributed by atoms with E-state index in [1.165, 1.54) is 14.2 Å². The SMILES string of the molecule is CCC(C)(C)C(=O)OCC(=O)OC1C2CC3C1OC(=O)C3C2C(=O)OC.CCC(C)(C)C(=O)OCC(=O)OC1CC2CCC1O2.CCC(C)(C)C(=O)OCC1C2CC3C1OC(=O)C3C2C(=O)OC.CCC(C)(C)C(=O)OCCC(=O)OC1CC2CCC1O2.CCC(C)(C)C(=O)OCCOC1C2CC3C(=O)OC1C3O2.CCC(C)C(=O)OC1C2CC3C(=O)OC1C3O2. The van der Waals surface area contributed by atoms with Gasteiger partial charge in [-0.25, -0.2) is 9.59 Å². The van der Waals surface area contributed by atoms with Crippen LogP contribution in [0.2, 0.25) is 0 Å². The van der Waals surface area contributed by atoms with Gasteiger partial charge < -0.3 is 94.7 Å². The molecular weight excluding hydrogens is 1650 g/mol. The average Bonchev–Trinajstić information content (AvgIpc) is 1.55. The smallest absolute Gasteiger partial charge is 0.344 e. The van der Waals surface area contributed by atoms with E-state index in [0.717, 1.165) is 57.8 Å². The van der Waals surface area contributed by atoms with Crippen LogP contribution in [0.5, 0.6) is 0 Å². The minimum atomic E-state index is -0.717. The summed E-state index contributed by atoms with van der Waals surface area (Å²) in [5.74, 6) is -8.19. The van der Waals surface area contributed by atoms with Gasteiger partial charge in [0.1, 0.15) is 62.0 Å². The van der Waals surface area contributed by atoms with Crippen molar-refractivity contribution in [3.05, 3.63) is 0 Å². The van der Waals surface area contributed by atoms with Gasteiger partial charge in [0.25, 0.3) is 0 Å². The Bertz CT molecular complexity index is 4010. The van der Waals surface area contributed by atoms with Crippen LogP contribution in [0.1, 0.15) is 227 Å². The molecule has 29 atom stereocenters. The Morgan fingerprint density at radius 3 is 1.24 bits per heavy atom. The molecule has 0 aromatic carbocycles. The molecule has 0 amide bonds. The number of rotatable bonds is 31. The van der Waals surface area contributed by atoms with Crippen molar-refractivity contribution in [2.75, 3.05) is 53.9 Å². The number of methoxy groups -OCH3 is 2. The molecule has 35 heteroatoms. The fourth-order valence-electron chi connectivity index (χ4n) is 19.4. The normalized spacial score (nSPS) is 34.9. The van der Waals surface area contributed by atoms with Gasteiger partial charge >= 0.3 is 89.5 Å². The van der Waals surface area contributed by atoms with E-state index in [4.69, 9.17) is 94.7 Å². The molecule has 12 bridgehead atoms. The molecule has 0 spiro atoms. The van der Waals surface area contributed by atoms with E-state index in [0.29, 0.717) is 51.6 Å². The van der Waals surface area contributed by atoms with E-state index >= 15 is 0 Å². The number of hydrogen-bond donors (Lipinski definition) is 0. The van der Waals surface area contributed by atoms with Crippen molar-refractivity contribution in [3.63, 3.8) is 0 Å². The van der Waals surface area contributed by atoms with Crippen LogP contribution in [-0.4, -0.2) is 247 Å². The quantitative estimate of drug-likeness (QED) is 0.0358. The lowest BCUT2D eigenvalue weighted by Crippen LogP contribution is -2.44. The first-order valence-corrected chi connectivity index (χ1v) is 45.3. The van der Waals surface area contributed by atoms with Crippen molar-refractivity contribution in [2.45, 2.75) is 331 Å². The lowest BCUT2D eigenvalue weighted by atomic mass is 9.74. The molecule has 12 aliphatic heterocycles. The molecule has 126 heavy (non-hydrogen) atoms. The molecule has 0 radical (unpaired) electrons. The first-order chi connectivity index (χ1) is 59.4. The summed E-state index contributed by atoms with van der Waals surface area (Å²) in [4.78, 5) is 178. The van der Waals surface area contributed by atoms with Crippen LogP contribution in [0.15, 0.2) is 0 Å². The maximum Gasteiger partial charge on any atom is 0.344 e. The average molecular weight is 1790 g/mol. The fourth-order valence-corrected chi connectivity index (χ4v) is 19.4. The van der Waals surface area contributed by atoms with E-state index in [-0.39, 0.29) is 231 Å². The van der Waals surface area contributed by atoms with E-state index in [1.54, 1.807) is 27.7 Å². The molecule has 706 valence electrons. The third-order valence-electron chi connectivity index (χ3n) is 29.4. The topological polar surface area (TPSA) is 441 Å². The molecule has 12 saturated heterocycles. The van der Waals surface area contributed by atoms with Crippen molar-refractivity contribution >= 4 is 89.5 Å². The molecule has 4 aliphatic carbocycles. The summed E-state index contributed by atoms with van der Waals surface area (Å²) in [6.07, 6.45) is 9.50. The van der Waals surface area contributed by atoms with E-state index in [9.17, 15) is 71.9 Å². The molecular formula is C91H132O35. The van der Waals surface area contributed by atoms with Gasteiger partial charge in [-0.05, 0) is 165 Å². The molecule has 12 heterocycles. The number of fused-ring (bicyclic) bond motifs is 8. The highest BCUT2D eigenvalue weighted by atomic mass is 16.7. The van der Waals surface area contributed by atoms with Gasteiger partial charge in [0, 0.05) is 36.5 Å². The van der Waals surface area contributed by atoms with E-state index < -0.39 is 99.6 Å².